The molecule has 8 aromatic rings. The second-order valence-corrected chi connectivity index (χ2v) is 11.7. The molecule has 0 saturated carbocycles. The zero-order valence-electron chi connectivity index (χ0n) is 25.8. The van der Waals surface area contributed by atoms with Crippen molar-refractivity contribution in [3.63, 3.8) is 0 Å². The average molecular weight is 611 g/mol. The van der Waals surface area contributed by atoms with E-state index in [9.17, 15) is 10.5 Å². The van der Waals surface area contributed by atoms with Crippen LogP contribution < -0.4 is 0 Å². The van der Waals surface area contributed by atoms with Gasteiger partial charge < -0.3 is 0 Å². The van der Waals surface area contributed by atoms with Gasteiger partial charge in [-0.15, -0.1) is 0 Å². The maximum absolute atomic E-state index is 9.19. The molecule has 0 aliphatic rings. The van der Waals surface area contributed by atoms with Gasteiger partial charge in [0.25, 0.3) is 0 Å². The number of hydrogen-bond acceptors (Lipinski definition) is 4. The third-order valence-corrected chi connectivity index (χ3v) is 8.85. The molecule has 0 atom stereocenters. The lowest BCUT2D eigenvalue weighted by Gasteiger charge is -2.19. The number of nitrogens with zero attached hydrogens (tertiary/aromatic N) is 4. The van der Waals surface area contributed by atoms with Gasteiger partial charge in [-0.25, -0.2) is 0 Å². The number of fused-ring (bicyclic) bond motifs is 2. The first-order valence-electron chi connectivity index (χ1n) is 15.7. The van der Waals surface area contributed by atoms with Gasteiger partial charge in [-0.05, 0) is 85.3 Å². The summed E-state index contributed by atoms with van der Waals surface area (Å²) in [6, 6.07) is 54.7. The van der Waals surface area contributed by atoms with E-state index in [4.69, 9.17) is 0 Å². The minimum absolute atomic E-state index is 0.545. The lowest BCUT2D eigenvalue weighted by atomic mass is 9.84. The number of aromatic nitrogens is 2. The van der Waals surface area contributed by atoms with Crippen molar-refractivity contribution in [1.29, 1.82) is 10.5 Å². The van der Waals surface area contributed by atoms with E-state index in [-0.39, 0.29) is 0 Å². The van der Waals surface area contributed by atoms with Crippen LogP contribution in [0.25, 0.3) is 77.4 Å². The van der Waals surface area contributed by atoms with Crippen LogP contribution in [0.15, 0.2) is 158 Å². The molecule has 0 aliphatic carbocycles. The Bertz CT molecular complexity index is 2520. The maximum atomic E-state index is 9.19. The Morgan fingerprint density at radius 2 is 0.792 bits per heavy atom. The molecular formula is C44H26N4. The number of rotatable bonds is 5. The molecule has 4 nitrogen and oxygen atoms in total. The number of nitriles is 2. The normalized spacial score (nSPS) is 10.9. The highest BCUT2D eigenvalue weighted by Crippen LogP contribution is 2.45. The molecule has 0 spiro atoms. The smallest absolute Gasteiger partial charge is 0.101 e. The number of benzene rings is 6. The summed E-state index contributed by atoms with van der Waals surface area (Å²) >= 11 is 0. The molecule has 48 heavy (non-hydrogen) atoms. The van der Waals surface area contributed by atoms with E-state index in [1.165, 1.54) is 38.2 Å². The van der Waals surface area contributed by atoms with E-state index in [0.717, 1.165) is 39.2 Å². The summed E-state index contributed by atoms with van der Waals surface area (Å²) in [7, 11) is 0. The Kier molecular flexibility index (Phi) is 7.23. The molecule has 2 aromatic heterocycles. The van der Waals surface area contributed by atoms with Crippen molar-refractivity contribution in [1.82, 2.24) is 9.97 Å². The van der Waals surface area contributed by atoms with Gasteiger partial charge in [-0.3, -0.25) is 9.97 Å². The van der Waals surface area contributed by atoms with Crippen LogP contribution >= 0.6 is 0 Å². The second kappa shape index (κ2) is 12.1. The summed E-state index contributed by atoms with van der Waals surface area (Å²) in [5.74, 6) is 0. The summed E-state index contributed by atoms with van der Waals surface area (Å²) < 4.78 is 0. The van der Waals surface area contributed by atoms with Gasteiger partial charge in [0, 0.05) is 23.5 Å². The zero-order valence-corrected chi connectivity index (χ0v) is 25.8. The SMILES string of the molecule is N#Cc1ccc(-c2ccc(-c3c4ccccc4c(-c4ccc(-c5ccc(C#N)cn5)cc4)c4cc(-c5ccccc5)ccc34)cc2)nc1. The van der Waals surface area contributed by atoms with Crippen molar-refractivity contribution in [2.24, 2.45) is 0 Å². The van der Waals surface area contributed by atoms with Gasteiger partial charge in [0.15, 0.2) is 0 Å². The Hall–Kier alpha value is -6.88. The summed E-state index contributed by atoms with van der Waals surface area (Å²) in [6.45, 7) is 0. The van der Waals surface area contributed by atoms with Crippen LogP contribution in [0.1, 0.15) is 11.1 Å². The fraction of sp³-hybridized carbons (Fsp3) is 0. The van der Waals surface area contributed by atoms with E-state index >= 15 is 0 Å². The molecule has 0 amide bonds. The van der Waals surface area contributed by atoms with Gasteiger partial charge in [-0.1, -0.05) is 115 Å². The van der Waals surface area contributed by atoms with Crippen molar-refractivity contribution in [3.05, 3.63) is 169 Å². The maximum Gasteiger partial charge on any atom is 0.101 e. The van der Waals surface area contributed by atoms with Crippen LogP contribution in [0.3, 0.4) is 0 Å². The molecule has 0 unspecified atom stereocenters. The van der Waals surface area contributed by atoms with Crippen LogP contribution in [0, 0.1) is 22.7 Å². The van der Waals surface area contributed by atoms with Crippen LogP contribution in [0.4, 0.5) is 0 Å². The predicted octanol–water partition coefficient (Wildman–Crippen LogP) is 10.9. The highest BCUT2D eigenvalue weighted by molar-refractivity contribution is 6.22. The van der Waals surface area contributed by atoms with E-state index < -0.39 is 0 Å². The average Bonchev–Trinajstić information content (AvgIpc) is 3.17. The molecule has 0 saturated heterocycles. The molecule has 222 valence electrons. The highest BCUT2D eigenvalue weighted by atomic mass is 14.7. The fourth-order valence-electron chi connectivity index (χ4n) is 6.49. The van der Waals surface area contributed by atoms with Crippen LogP contribution in [0.2, 0.25) is 0 Å². The second-order valence-electron chi connectivity index (χ2n) is 11.7. The standard InChI is InChI=1S/C44H26N4/c45-25-29-10-22-41(47-27-29)32-12-16-34(17-13-32)43-37-8-4-5-9-38(37)44(40-24-36(20-21-39(40)43)31-6-2-1-3-7-31)35-18-14-33(15-19-35)42-23-11-30(26-46)28-48-42/h1-24,27-28H. The minimum atomic E-state index is 0.545. The first-order valence-corrected chi connectivity index (χ1v) is 15.7. The summed E-state index contributed by atoms with van der Waals surface area (Å²) in [4.78, 5) is 9.01. The van der Waals surface area contributed by atoms with E-state index in [0.29, 0.717) is 11.1 Å². The first kappa shape index (κ1) is 28.6. The Labute approximate surface area is 278 Å². The van der Waals surface area contributed by atoms with Crippen LogP contribution in [-0.4, -0.2) is 9.97 Å². The van der Waals surface area contributed by atoms with Crippen molar-refractivity contribution in [2.75, 3.05) is 0 Å². The number of hydrogen-bond donors (Lipinski definition) is 0. The van der Waals surface area contributed by atoms with Gasteiger partial charge in [0.2, 0.25) is 0 Å². The molecule has 0 N–H and O–H groups in total. The van der Waals surface area contributed by atoms with Gasteiger partial charge in [0.05, 0.1) is 22.5 Å². The van der Waals surface area contributed by atoms with Crippen molar-refractivity contribution >= 4 is 21.5 Å². The number of pyridine rings is 2. The molecule has 0 aliphatic heterocycles. The van der Waals surface area contributed by atoms with Crippen molar-refractivity contribution in [2.45, 2.75) is 0 Å². The van der Waals surface area contributed by atoms with Crippen LogP contribution in [-0.2, 0) is 0 Å². The Balaban J connectivity index is 1.33. The van der Waals surface area contributed by atoms with Gasteiger partial charge in [-0.2, -0.15) is 10.5 Å². The predicted molar refractivity (Wildman–Crippen MR) is 194 cm³/mol. The fourth-order valence-corrected chi connectivity index (χ4v) is 6.49. The monoisotopic (exact) mass is 610 g/mol. The Morgan fingerprint density at radius 1 is 0.354 bits per heavy atom. The quantitative estimate of drug-likeness (QED) is 0.182. The van der Waals surface area contributed by atoms with E-state index in [1.807, 2.05) is 18.2 Å². The van der Waals surface area contributed by atoms with Gasteiger partial charge in [0.1, 0.15) is 12.1 Å². The lowest BCUT2D eigenvalue weighted by Crippen LogP contribution is -1.92. The zero-order chi connectivity index (χ0) is 32.5. The molecule has 8 rings (SSSR count). The highest BCUT2D eigenvalue weighted by Gasteiger charge is 2.18. The third-order valence-electron chi connectivity index (χ3n) is 8.85. The summed E-state index contributed by atoms with van der Waals surface area (Å²) in [5, 5.41) is 23.1. The van der Waals surface area contributed by atoms with Crippen molar-refractivity contribution < 1.29 is 0 Å². The van der Waals surface area contributed by atoms with Gasteiger partial charge >= 0.3 is 0 Å². The molecule has 6 aromatic carbocycles. The minimum Gasteiger partial charge on any atom is -0.255 e. The Morgan fingerprint density at radius 3 is 1.27 bits per heavy atom. The lowest BCUT2D eigenvalue weighted by molar-refractivity contribution is 1.30. The molecule has 4 heteroatoms. The summed E-state index contributed by atoms with van der Waals surface area (Å²) in [5.41, 5.74) is 11.7. The molecular weight excluding hydrogens is 585 g/mol. The molecule has 0 fully saturated rings. The largest absolute Gasteiger partial charge is 0.255 e. The summed E-state index contributed by atoms with van der Waals surface area (Å²) in [6.07, 6.45) is 3.22. The molecule has 0 radical (unpaired) electrons. The van der Waals surface area contributed by atoms with Crippen LogP contribution in [0.5, 0.6) is 0 Å². The van der Waals surface area contributed by atoms with Crippen molar-refractivity contribution in [3.8, 4) is 68.0 Å². The van der Waals surface area contributed by atoms with E-state index in [1.54, 1.807) is 24.5 Å². The topological polar surface area (TPSA) is 73.4 Å². The molecule has 0 bridgehead atoms. The third kappa shape index (κ3) is 5.14. The molecule has 2 heterocycles. The van der Waals surface area contributed by atoms with E-state index in [2.05, 4.69) is 137 Å². The first-order chi connectivity index (χ1) is 23.7.